The first-order valence-electron chi connectivity index (χ1n) is 7.78. The van der Waals surface area contributed by atoms with Gasteiger partial charge in [0.15, 0.2) is 0 Å². The predicted octanol–water partition coefficient (Wildman–Crippen LogP) is 3.79. The van der Waals surface area contributed by atoms with Crippen LogP contribution in [0, 0.1) is 5.92 Å². The average molecular weight is 359 g/mol. The van der Waals surface area contributed by atoms with Gasteiger partial charge in [-0.25, -0.2) is 4.79 Å². The quantitative estimate of drug-likeness (QED) is 0.861. The number of aliphatic carboxylic acids is 1. The fourth-order valence-electron chi connectivity index (χ4n) is 2.99. The fraction of sp³-hybridized carbons (Fsp3) is 0.529. The Balaban J connectivity index is 2.28. The van der Waals surface area contributed by atoms with E-state index in [1.807, 2.05) is 0 Å². The number of alkyl carbamates (subject to hydrolysis) is 1. The number of halogens is 3. The molecule has 138 valence electrons. The van der Waals surface area contributed by atoms with Crippen molar-refractivity contribution in [3.8, 4) is 0 Å². The second kappa shape index (κ2) is 6.57. The van der Waals surface area contributed by atoms with E-state index in [9.17, 15) is 27.9 Å². The van der Waals surface area contributed by atoms with Crippen molar-refractivity contribution in [1.82, 2.24) is 5.32 Å². The molecule has 8 heteroatoms. The first kappa shape index (κ1) is 19.1. The smallest absolute Gasteiger partial charge is 0.416 e. The molecular formula is C17H20F3NO4. The van der Waals surface area contributed by atoms with Crippen molar-refractivity contribution in [2.45, 2.75) is 50.9 Å². The highest BCUT2D eigenvalue weighted by molar-refractivity contribution is 5.75. The van der Waals surface area contributed by atoms with Crippen molar-refractivity contribution in [3.63, 3.8) is 0 Å². The summed E-state index contributed by atoms with van der Waals surface area (Å²) >= 11 is 0. The number of carbonyl (C=O) groups excluding carboxylic acids is 1. The van der Waals surface area contributed by atoms with Crippen molar-refractivity contribution in [2.75, 3.05) is 0 Å². The van der Waals surface area contributed by atoms with Gasteiger partial charge >= 0.3 is 18.2 Å². The summed E-state index contributed by atoms with van der Waals surface area (Å²) in [6, 6.07) is 4.10. The van der Waals surface area contributed by atoms with Gasteiger partial charge in [0.05, 0.1) is 11.5 Å². The van der Waals surface area contributed by atoms with Gasteiger partial charge in [0.2, 0.25) is 0 Å². The second-order valence-corrected chi connectivity index (χ2v) is 7.04. The lowest BCUT2D eigenvalue weighted by Gasteiger charge is -2.43. The molecule has 1 aliphatic carbocycles. The topological polar surface area (TPSA) is 75.6 Å². The van der Waals surface area contributed by atoms with Crippen molar-refractivity contribution >= 4 is 12.1 Å². The Morgan fingerprint density at radius 3 is 2.32 bits per heavy atom. The van der Waals surface area contributed by atoms with E-state index in [-0.39, 0.29) is 12.0 Å². The maximum absolute atomic E-state index is 13.2. The van der Waals surface area contributed by atoms with Gasteiger partial charge in [-0.1, -0.05) is 18.2 Å². The number of hydrogen-bond acceptors (Lipinski definition) is 3. The van der Waals surface area contributed by atoms with Gasteiger partial charge in [-0.15, -0.1) is 0 Å². The predicted molar refractivity (Wildman–Crippen MR) is 83.1 cm³/mol. The van der Waals surface area contributed by atoms with E-state index in [1.54, 1.807) is 20.8 Å². The first-order chi connectivity index (χ1) is 11.4. The summed E-state index contributed by atoms with van der Waals surface area (Å²) in [6.07, 6.45) is -5.34. The summed E-state index contributed by atoms with van der Waals surface area (Å²) in [5.41, 5.74) is -1.78. The third kappa shape index (κ3) is 4.43. The Morgan fingerprint density at radius 1 is 1.20 bits per heavy atom. The summed E-state index contributed by atoms with van der Waals surface area (Å²) in [4.78, 5) is 23.3. The van der Waals surface area contributed by atoms with Gasteiger partial charge in [-0.3, -0.25) is 4.79 Å². The van der Waals surface area contributed by atoms with Gasteiger partial charge in [0, 0.05) is 12.0 Å². The number of carboxylic acids is 1. The lowest BCUT2D eigenvalue weighted by molar-refractivity contribution is -0.148. The number of hydrogen-bond donors (Lipinski definition) is 2. The van der Waals surface area contributed by atoms with Crippen molar-refractivity contribution < 1.29 is 32.6 Å². The highest BCUT2D eigenvalue weighted by Crippen LogP contribution is 2.47. The number of ether oxygens (including phenoxy) is 1. The van der Waals surface area contributed by atoms with Gasteiger partial charge in [0.25, 0.3) is 0 Å². The number of nitrogens with one attached hydrogen (secondary N) is 1. The monoisotopic (exact) mass is 359 g/mol. The van der Waals surface area contributed by atoms with E-state index in [1.165, 1.54) is 18.2 Å². The molecule has 3 atom stereocenters. The molecule has 2 rings (SSSR count). The van der Waals surface area contributed by atoms with Gasteiger partial charge in [-0.05, 0) is 38.8 Å². The molecule has 2 N–H and O–H groups in total. The van der Waals surface area contributed by atoms with Gasteiger partial charge in [-0.2, -0.15) is 13.2 Å². The zero-order chi connectivity index (χ0) is 19.0. The minimum absolute atomic E-state index is 0.0471. The van der Waals surface area contributed by atoms with E-state index in [4.69, 9.17) is 4.74 Å². The molecule has 0 heterocycles. The maximum atomic E-state index is 13.2. The molecular weight excluding hydrogens is 339 g/mol. The summed E-state index contributed by atoms with van der Waals surface area (Å²) in [6.45, 7) is 4.97. The molecule has 0 saturated heterocycles. The normalized spacial score (nSPS) is 23.5. The molecule has 0 bridgehead atoms. The Morgan fingerprint density at radius 2 is 1.80 bits per heavy atom. The molecule has 1 aromatic rings. The number of benzene rings is 1. The lowest BCUT2D eigenvalue weighted by Crippen LogP contribution is -2.54. The lowest BCUT2D eigenvalue weighted by atomic mass is 9.65. The van der Waals surface area contributed by atoms with Crippen LogP contribution < -0.4 is 5.32 Å². The SMILES string of the molecule is CC(C)(C)OC(=O)NC1CC(C(=O)O)C1c1ccccc1C(F)(F)F. The minimum Gasteiger partial charge on any atom is -0.481 e. The number of alkyl halides is 3. The van der Waals surface area contributed by atoms with Crippen LogP contribution in [0.2, 0.25) is 0 Å². The number of carboxylic acid groups (broad SMARTS) is 1. The van der Waals surface area contributed by atoms with Crippen LogP contribution in [-0.2, 0) is 15.7 Å². The van der Waals surface area contributed by atoms with Crippen molar-refractivity contribution in [3.05, 3.63) is 35.4 Å². The van der Waals surface area contributed by atoms with Crippen LogP contribution in [0.25, 0.3) is 0 Å². The standard InChI is InChI=1S/C17H20F3NO4/c1-16(2,3)25-15(24)21-12-8-10(14(22)23)13(12)9-6-4-5-7-11(9)17(18,19)20/h4-7,10,12-13H,8H2,1-3H3,(H,21,24)(H,22,23). The Hall–Kier alpha value is -2.25. The number of amides is 1. The largest absolute Gasteiger partial charge is 0.481 e. The molecule has 0 aliphatic heterocycles. The third-order valence-corrected chi connectivity index (χ3v) is 4.02. The van der Waals surface area contributed by atoms with Crippen LogP contribution in [0.1, 0.15) is 44.2 Å². The van der Waals surface area contributed by atoms with Gasteiger partial charge in [0.1, 0.15) is 5.60 Å². The summed E-state index contributed by atoms with van der Waals surface area (Å²) in [7, 11) is 0. The number of rotatable bonds is 3. The van der Waals surface area contributed by atoms with E-state index < -0.39 is 47.3 Å². The van der Waals surface area contributed by atoms with Crippen LogP contribution >= 0.6 is 0 Å². The molecule has 1 amide bonds. The molecule has 1 fully saturated rings. The van der Waals surface area contributed by atoms with E-state index in [0.29, 0.717) is 0 Å². The average Bonchev–Trinajstić information content (AvgIpc) is 2.40. The van der Waals surface area contributed by atoms with Crippen molar-refractivity contribution in [2.24, 2.45) is 5.92 Å². The summed E-state index contributed by atoms with van der Waals surface area (Å²) < 4.78 is 44.9. The van der Waals surface area contributed by atoms with Crippen LogP contribution in [0.4, 0.5) is 18.0 Å². The summed E-state index contributed by atoms with van der Waals surface area (Å²) in [5.74, 6) is -3.16. The molecule has 3 unspecified atom stereocenters. The van der Waals surface area contributed by atoms with E-state index >= 15 is 0 Å². The summed E-state index contributed by atoms with van der Waals surface area (Å²) in [5, 5.41) is 11.8. The molecule has 0 aromatic heterocycles. The minimum atomic E-state index is -4.61. The number of carbonyl (C=O) groups is 2. The first-order valence-corrected chi connectivity index (χ1v) is 7.78. The molecule has 1 aliphatic rings. The fourth-order valence-corrected chi connectivity index (χ4v) is 2.99. The van der Waals surface area contributed by atoms with Crippen molar-refractivity contribution in [1.29, 1.82) is 0 Å². The molecule has 5 nitrogen and oxygen atoms in total. The van der Waals surface area contributed by atoms with Gasteiger partial charge < -0.3 is 15.2 Å². The van der Waals surface area contributed by atoms with E-state index in [0.717, 1.165) is 6.07 Å². The van der Waals surface area contributed by atoms with Crippen LogP contribution in [0.15, 0.2) is 24.3 Å². The zero-order valence-electron chi connectivity index (χ0n) is 14.1. The Kier molecular flexibility index (Phi) is 5.02. The Labute approximate surface area is 143 Å². The highest BCUT2D eigenvalue weighted by Gasteiger charge is 2.50. The van der Waals surface area contributed by atoms with E-state index in [2.05, 4.69) is 5.32 Å². The molecule has 1 aromatic carbocycles. The molecule has 0 spiro atoms. The second-order valence-electron chi connectivity index (χ2n) is 7.04. The van der Waals surface area contributed by atoms with Crippen LogP contribution in [-0.4, -0.2) is 28.8 Å². The molecule has 0 radical (unpaired) electrons. The zero-order valence-corrected chi connectivity index (χ0v) is 14.1. The Bertz CT molecular complexity index is 667. The molecule has 25 heavy (non-hydrogen) atoms. The van der Waals surface area contributed by atoms with Crippen LogP contribution in [0.3, 0.4) is 0 Å². The highest BCUT2D eigenvalue weighted by atomic mass is 19.4. The maximum Gasteiger partial charge on any atom is 0.416 e. The van der Waals surface area contributed by atoms with Crippen LogP contribution in [0.5, 0.6) is 0 Å². The molecule has 1 saturated carbocycles. The third-order valence-electron chi connectivity index (χ3n) is 4.02.